The first-order valence-corrected chi connectivity index (χ1v) is 9.07. The van der Waals surface area contributed by atoms with E-state index in [1.807, 2.05) is 18.2 Å². The molecule has 1 atom stereocenters. The van der Waals surface area contributed by atoms with E-state index in [0.29, 0.717) is 43.3 Å². The first-order valence-electron chi connectivity index (χ1n) is 9.07. The molecule has 1 saturated heterocycles. The minimum absolute atomic E-state index is 0.243. The second-order valence-electron chi connectivity index (χ2n) is 6.57. The Labute approximate surface area is 163 Å². The van der Waals surface area contributed by atoms with Crippen LogP contribution in [0.2, 0.25) is 0 Å². The van der Waals surface area contributed by atoms with Gasteiger partial charge in [-0.05, 0) is 30.5 Å². The Hall–Kier alpha value is -3.29. The Morgan fingerprint density at radius 1 is 1.29 bits per heavy atom. The van der Waals surface area contributed by atoms with E-state index in [0.717, 1.165) is 5.56 Å². The van der Waals surface area contributed by atoms with Crippen LogP contribution in [0.5, 0.6) is 17.4 Å². The number of hydrogen-bond donors (Lipinski definition) is 2. The second kappa shape index (κ2) is 9.07. The number of nitrogens with one attached hydrogen (secondary N) is 1. The standard InChI is InChI=1S/C20H23N3O5/c1-27-16-5-2-6-17(10-16)28-18-8-7-14(11-21-18)12-22-20(26)23-9-3-4-15(13-23)19(24)25/h2,5-8,10-11,15H,3-4,9,12-13H2,1H3,(H,22,26)(H,24,25). The average molecular weight is 385 g/mol. The van der Waals surface area contributed by atoms with Crippen molar-refractivity contribution in [2.24, 2.45) is 5.92 Å². The Kier molecular flexibility index (Phi) is 6.31. The molecule has 0 spiro atoms. The lowest BCUT2D eigenvalue weighted by molar-refractivity contribution is -0.143. The highest BCUT2D eigenvalue weighted by Crippen LogP contribution is 2.23. The molecule has 1 aliphatic rings. The highest BCUT2D eigenvalue weighted by molar-refractivity contribution is 5.76. The summed E-state index contributed by atoms with van der Waals surface area (Å²) in [6, 6.07) is 10.5. The monoisotopic (exact) mass is 385 g/mol. The summed E-state index contributed by atoms with van der Waals surface area (Å²) in [5, 5.41) is 11.9. The van der Waals surface area contributed by atoms with Crippen molar-refractivity contribution >= 4 is 12.0 Å². The van der Waals surface area contributed by atoms with Crippen LogP contribution < -0.4 is 14.8 Å². The molecule has 1 aromatic carbocycles. The van der Waals surface area contributed by atoms with Gasteiger partial charge in [0.25, 0.3) is 0 Å². The molecule has 2 amide bonds. The molecular weight excluding hydrogens is 362 g/mol. The van der Waals surface area contributed by atoms with Gasteiger partial charge in [-0.1, -0.05) is 12.1 Å². The number of carboxylic acids is 1. The van der Waals surface area contributed by atoms with Crippen molar-refractivity contribution in [3.63, 3.8) is 0 Å². The first-order chi connectivity index (χ1) is 13.5. The normalized spacial score (nSPS) is 16.3. The van der Waals surface area contributed by atoms with Gasteiger partial charge < -0.3 is 24.8 Å². The number of aliphatic carboxylic acids is 1. The summed E-state index contributed by atoms with van der Waals surface area (Å²) in [6.45, 7) is 1.12. The Morgan fingerprint density at radius 2 is 2.11 bits per heavy atom. The Balaban J connectivity index is 1.51. The molecule has 2 N–H and O–H groups in total. The molecule has 2 aromatic rings. The molecule has 1 unspecified atom stereocenters. The van der Waals surface area contributed by atoms with Crippen LogP contribution in [-0.2, 0) is 11.3 Å². The van der Waals surface area contributed by atoms with E-state index in [1.165, 1.54) is 0 Å². The largest absolute Gasteiger partial charge is 0.497 e. The SMILES string of the molecule is COc1cccc(Oc2ccc(CNC(=O)N3CCCC(C(=O)O)C3)cn2)c1. The topological polar surface area (TPSA) is 101 Å². The Morgan fingerprint density at radius 3 is 2.82 bits per heavy atom. The van der Waals surface area contributed by atoms with Gasteiger partial charge in [-0.25, -0.2) is 9.78 Å². The molecule has 1 aliphatic heterocycles. The fraction of sp³-hybridized carbons (Fsp3) is 0.350. The predicted octanol–water partition coefficient (Wildman–Crippen LogP) is 2.89. The van der Waals surface area contributed by atoms with Crippen LogP contribution in [0.15, 0.2) is 42.6 Å². The number of benzene rings is 1. The van der Waals surface area contributed by atoms with Crippen molar-refractivity contribution in [3.8, 4) is 17.4 Å². The van der Waals surface area contributed by atoms with Crippen molar-refractivity contribution in [1.82, 2.24) is 15.2 Å². The summed E-state index contributed by atoms with van der Waals surface area (Å²) in [5.41, 5.74) is 0.818. The number of aromatic nitrogens is 1. The molecule has 2 heterocycles. The lowest BCUT2D eigenvalue weighted by atomic mass is 9.99. The number of methoxy groups -OCH3 is 1. The maximum atomic E-state index is 12.3. The molecule has 8 heteroatoms. The highest BCUT2D eigenvalue weighted by atomic mass is 16.5. The number of ether oxygens (including phenoxy) is 2. The molecule has 0 saturated carbocycles. The smallest absolute Gasteiger partial charge is 0.317 e. The first kappa shape index (κ1) is 19.5. The Bertz CT molecular complexity index is 825. The van der Waals surface area contributed by atoms with E-state index in [2.05, 4.69) is 10.3 Å². The number of nitrogens with zero attached hydrogens (tertiary/aromatic N) is 2. The van der Waals surface area contributed by atoms with Gasteiger partial charge in [-0.3, -0.25) is 4.79 Å². The maximum absolute atomic E-state index is 12.3. The van der Waals surface area contributed by atoms with Gasteiger partial charge in [0.05, 0.1) is 13.0 Å². The molecule has 28 heavy (non-hydrogen) atoms. The fourth-order valence-electron chi connectivity index (χ4n) is 3.01. The van der Waals surface area contributed by atoms with E-state index in [4.69, 9.17) is 14.6 Å². The molecule has 1 fully saturated rings. The van der Waals surface area contributed by atoms with E-state index in [1.54, 1.807) is 36.4 Å². The molecule has 8 nitrogen and oxygen atoms in total. The summed E-state index contributed by atoms with van der Waals surface area (Å²) in [4.78, 5) is 29.2. The van der Waals surface area contributed by atoms with E-state index in [9.17, 15) is 9.59 Å². The van der Waals surface area contributed by atoms with Gasteiger partial charge in [0, 0.05) is 38.0 Å². The number of carbonyl (C=O) groups excluding carboxylic acids is 1. The molecule has 0 radical (unpaired) electrons. The third-order valence-electron chi connectivity index (χ3n) is 4.56. The number of amides is 2. The van der Waals surface area contributed by atoms with Gasteiger partial charge in [-0.15, -0.1) is 0 Å². The van der Waals surface area contributed by atoms with Crippen LogP contribution in [0.1, 0.15) is 18.4 Å². The van der Waals surface area contributed by atoms with E-state index >= 15 is 0 Å². The van der Waals surface area contributed by atoms with Crippen LogP contribution in [0.3, 0.4) is 0 Å². The third kappa shape index (κ3) is 5.12. The lowest BCUT2D eigenvalue weighted by Gasteiger charge is -2.30. The molecule has 1 aromatic heterocycles. The summed E-state index contributed by atoms with van der Waals surface area (Å²) in [6.07, 6.45) is 2.94. The number of carboxylic acid groups (broad SMARTS) is 1. The zero-order valence-electron chi connectivity index (χ0n) is 15.6. The number of hydrogen-bond acceptors (Lipinski definition) is 5. The minimum atomic E-state index is -0.853. The van der Waals surface area contributed by atoms with Crippen LogP contribution in [-0.4, -0.2) is 47.2 Å². The van der Waals surface area contributed by atoms with Crippen LogP contribution in [0.4, 0.5) is 4.79 Å². The summed E-state index contributed by atoms with van der Waals surface area (Å²) in [5.74, 6) is 0.400. The lowest BCUT2D eigenvalue weighted by Crippen LogP contribution is -2.46. The van der Waals surface area contributed by atoms with Crippen LogP contribution >= 0.6 is 0 Å². The van der Waals surface area contributed by atoms with Crippen LogP contribution in [0.25, 0.3) is 0 Å². The van der Waals surface area contributed by atoms with Gasteiger partial charge in [0.1, 0.15) is 11.5 Å². The number of pyridine rings is 1. The summed E-state index contributed by atoms with van der Waals surface area (Å²) in [7, 11) is 1.59. The highest BCUT2D eigenvalue weighted by Gasteiger charge is 2.27. The van der Waals surface area contributed by atoms with Crippen molar-refractivity contribution < 1.29 is 24.2 Å². The maximum Gasteiger partial charge on any atom is 0.317 e. The van der Waals surface area contributed by atoms with E-state index in [-0.39, 0.29) is 12.6 Å². The fourth-order valence-corrected chi connectivity index (χ4v) is 3.01. The van der Waals surface area contributed by atoms with Crippen molar-refractivity contribution in [3.05, 3.63) is 48.2 Å². The number of urea groups is 1. The van der Waals surface area contributed by atoms with Gasteiger partial charge in [-0.2, -0.15) is 0 Å². The molecule has 0 aliphatic carbocycles. The minimum Gasteiger partial charge on any atom is -0.497 e. The number of piperidine rings is 1. The van der Waals surface area contributed by atoms with Crippen molar-refractivity contribution in [2.45, 2.75) is 19.4 Å². The number of likely N-dealkylation sites (tertiary alicyclic amines) is 1. The number of rotatable bonds is 6. The summed E-state index contributed by atoms with van der Waals surface area (Å²) < 4.78 is 10.8. The van der Waals surface area contributed by atoms with Gasteiger partial charge >= 0.3 is 12.0 Å². The quantitative estimate of drug-likeness (QED) is 0.793. The second-order valence-corrected chi connectivity index (χ2v) is 6.57. The zero-order valence-corrected chi connectivity index (χ0v) is 15.6. The molecule has 3 rings (SSSR count). The average Bonchev–Trinajstić information content (AvgIpc) is 2.73. The third-order valence-corrected chi connectivity index (χ3v) is 4.56. The molecule has 148 valence electrons. The summed E-state index contributed by atoms with van der Waals surface area (Å²) >= 11 is 0. The molecule has 0 bridgehead atoms. The zero-order chi connectivity index (χ0) is 19.9. The van der Waals surface area contributed by atoms with Crippen molar-refractivity contribution in [1.29, 1.82) is 0 Å². The predicted molar refractivity (Wildman–Crippen MR) is 101 cm³/mol. The van der Waals surface area contributed by atoms with Gasteiger partial charge in [0.15, 0.2) is 0 Å². The van der Waals surface area contributed by atoms with Crippen LogP contribution in [0, 0.1) is 5.92 Å². The number of carbonyl (C=O) groups is 2. The van der Waals surface area contributed by atoms with Crippen molar-refractivity contribution in [2.75, 3.05) is 20.2 Å². The molecular formula is C20H23N3O5. The van der Waals surface area contributed by atoms with Gasteiger partial charge in [0.2, 0.25) is 5.88 Å². The van der Waals surface area contributed by atoms with E-state index < -0.39 is 11.9 Å².